The van der Waals surface area contributed by atoms with Crippen molar-refractivity contribution in [2.45, 2.75) is 38.3 Å². The minimum Gasteiger partial charge on any atom is -0.497 e. The van der Waals surface area contributed by atoms with Crippen LogP contribution in [0.1, 0.15) is 41.4 Å². The maximum atomic E-state index is 12.9. The Labute approximate surface area is 152 Å². The summed E-state index contributed by atoms with van der Waals surface area (Å²) in [4.78, 5) is 29.4. The first-order valence-corrected chi connectivity index (χ1v) is 8.72. The minimum absolute atomic E-state index is 0.105. The van der Waals surface area contributed by atoms with Crippen molar-refractivity contribution in [3.8, 4) is 5.75 Å². The quantitative estimate of drug-likeness (QED) is 0.880. The van der Waals surface area contributed by atoms with E-state index in [-0.39, 0.29) is 11.5 Å². The summed E-state index contributed by atoms with van der Waals surface area (Å²) in [6, 6.07) is 10.0. The van der Waals surface area contributed by atoms with E-state index < -0.39 is 17.2 Å². The zero-order chi connectivity index (χ0) is 18.9. The minimum atomic E-state index is -1.23. The Kier molecular flexibility index (Phi) is 4.87. The number of aromatic amines is 1. The Bertz CT molecular complexity index is 855. The predicted molar refractivity (Wildman–Crippen MR) is 98.4 cm³/mol. The van der Waals surface area contributed by atoms with Crippen molar-refractivity contribution in [1.29, 1.82) is 0 Å². The lowest BCUT2D eigenvalue weighted by atomic mass is 9.86. The van der Waals surface area contributed by atoms with Gasteiger partial charge in [-0.1, -0.05) is 12.1 Å². The van der Waals surface area contributed by atoms with E-state index in [2.05, 4.69) is 4.98 Å². The molecule has 2 unspecified atom stereocenters. The topological polar surface area (TPSA) is 82.6 Å². The summed E-state index contributed by atoms with van der Waals surface area (Å²) >= 11 is 0. The number of aliphatic hydroxyl groups is 1. The molecule has 0 aliphatic carbocycles. The molecule has 2 atom stereocenters. The van der Waals surface area contributed by atoms with Gasteiger partial charge in [-0.15, -0.1) is 0 Å². The van der Waals surface area contributed by atoms with Crippen molar-refractivity contribution in [2.24, 2.45) is 0 Å². The number of nitrogens with one attached hydrogen (secondary N) is 1. The van der Waals surface area contributed by atoms with E-state index in [1.807, 2.05) is 0 Å². The standard InChI is InChI=1S/C20H24N2O4/c1-13-6-11-16(18(23)21-13)19(24)22-12-4-5-17(22)20(2,25)14-7-9-15(26-3)10-8-14/h6-11,17,25H,4-5,12H2,1-3H3,(H,21,23). The first-order chi connectivity index (χ1) is 12.3. The van der Waals surface area contributed by atoms with Crippen LogP contribution in [0.4, 0.5) is 0 Å². The summed E-state index contributed by atoms with van der Waals surface area (Å²) in [5, 5.41) is 11.2. The van der Waals surface area contributed by atoms with Crippen molar-refractivity contribution in [1.82, 2.24) is 9.88 Å². The molecule has 6 nitrogen and oxygen atoms in total. The van der Waals surface area contributed by atoms with Crippen LogP contribution in [0.25, 0.3) is 0 Å². The van der Waals surface area contributed by atoms with Crippen molar-refractivity contribution < 1.29 is 14.6 Å². The van der Waals surface area contributed by atoms with E-state index in [1.54, 1.807) is 62.3 Å². The van der Waals surface area contributed by atoms with Crippen molar-refractivity contribution in [3.63, 3.8) is 0 Å². The molecule has 0 bridgehead atoms. The van der Waals surface area contributed by atoms with Crippen LogP contribution in [0.15, 0.2) is 41.2 Å². The third-order valence-electron chi connectivity index (χ3n) is 5.12. The number of rotatable bonds is 4. The number of aryl methyl sites for hydroxylation is 1. The smallest absolute Gasteiger partial charge is 0.260 e. The zero-order valence-corrected chi connectivity index (χ0v) is 15.3. The number of hydrogen-bond donors (Lipinski definition) is 2. The maximum absolute atomic E-state index is 12.9. The molecule has 2 N–H and O–H groups in total. The molecule has 1 amide bonds. The van der Waals surface area contributed by atoms with Gasteiger partial charge >= 0.3 is 0 Å². The van der Waals surface area contributed by atoms with Gasteiger partial charge in [0.25, 0.3) is 11.5 Å². The second-order valence-electron chi connectivity index (χ2n) is 6.92. The molecule has 1 fully saturated rings. The van der Waals surface area contributed by atoms with Crippen LogP contribution >= 0.6 is 0 Å². The van der Waals surface area contributed by atoms with Crippen molar-refractivity contribution in [3.05, 3.63) is 63.6 Å². The van der Waals surface area contributed by atoms with Gasteiger partial charge in [0.15, 0.2) is 0 Å². The first kappa shape index (κ1) is 18.2. The molecular formula is C20H24N2O4. The highest BCUT2D eigenvalue weighted by atomic mass is 16.5. The van der Waals surface area contributed by atoms with Crippen LogP contribution in [0.5, 0.6) is 5.75 Å². The van der Waals surface area contributed by atoms with Gasteiger partial charge in [-0.2, -0.15) is 0 Å². The summed E-state index contributed by atoms with van der Waals surface area (Å²) in [6.45, 7) is 4.00. The number of hydrogen-bond acceptors (Lipinski definition) is 4. The van der Waals surface area contributed by atoms with E-state index in [0.717, 1.165) is 6.42 Å². The van der Waals surface area contributed by atoms with Gasteiger partial charge in [0, 0.05) is 12.2 Å². The number of nitrogens with zero attached hydrogens (tertiary/aromatic N) is 1. The molecule has 3 rings (SSSR count). The van der Waals surface area contributed by atoms with Crippen molar-refractivity contribution in [2.75, 3.05) is 13.7 Å². The molecule has 0 spiro atoms. The molecule has 6 heteroatoms. The van der Waals surface area contributed by atoms with Gasteiger partial charge in [-0.3, -0.25) is 9.59 Å². The van der Waals surface area contributed by atoms with Gasteiger partial charge in [0.05, 0.1) is 13.2 Å². The monoisotopic (exact) mass is 356 g/mol. The van der Waals surface area contributed by atoms with Crippen LogP contribution in [-0.2, 0) is 5.60 Å². The van der Waals surface area contributed by atoms with Crippen LogP contribution < -0.4 is 10.3 Å². The Morgan fingerprint density at radius 1 is 1.27 bits per heavy atom. The SMILES string of the molecule is COc1ccc(C(C)(O)C2CCCN2C(=O)c2ccc(C)[nH]c2=O)cc1. The number of carbonyl (C=O) groups excluding carboxylic acids is 1. The number of likely N-dealkylation sites (tertiary alicyclic amines) is 1. The number of benzene rings is 1. The number of pyridine rings is 1. The van der Waals surface area contributed by atoms with E-state index >= 15 is 0 Å². The molecule has 138 valence electrons. The maximum Gasteiger partial charge on any atom is 0.260 e. The highest BCUT2D eigenvalue weighted by Gasteiger charge is 2.43. The third-order valence-corrected chi connectivity index (χ3v) is 5.12. The molecule has 26 heavy (non-hydrogen) atoms. The van der Waals surface area contributed by atoms with Gasteiger partial charge in [-0.25, -0.2) is 0 Å². The molecular weight excluding hydrogens is 332 g/mol. The van der Waals surface area contributed by atoms with Gasteiger partial charge in [0.1, 0.15) is 16.9 Å². The molecule has 1 aromatic heterocycles. The second kappa shape index (κ2) is 6.96. The normalized spacial score (nSPS) is 19.2. The number of methoxy groups -OCH3 is 1. The average molecular weight is 356 g/mol. The molecule has 1 saturated heterocycles. The fraction of sp³-hybridized carbons (Fsp3) is 0.400. The van der Waals surface area contributed by atoms with Crippen LogP contribution in [0.3, 0.4) is 0 Å². The fourth-order valence-electron chi connectivity index (χ4n) is 3.61. The zero-order valence-electron chi connectivity index (χ0n) is 15.3. The molecule has 2 heterocycles. The Morgan fingerprint density at radius 3 is 2.58 bits per heavy atom. The summed E-state index contributed by atoms with van der Waals surface area (Å²) < 4.78 is 5.16. The van der Waals surface area contributed by atoms with Crippen LogP contribution in [-0.4, -0.2) is 40.6 Å². The lowest BCUT2D eigenvalue weighted by Crippen LogP contribution is -2.49. The highest BCUT2D eigenvalue weighted by Crippen LogP contribution is 2.35. The van der Waals surface area contributed by atoms with E-state index in [0.29, 0.717) is 30.0 Å². The summed E-state index contributed by atoms with van der Waals surface area (Å²) in [7, 11) is 1.59. The second-order valence-corrected chi connectivity index (χ2v) is 6.92. The number of amides is 1. The van der Waals surface area contributed by atoms with Gasteiger partial charge in [-0.05, 0) is 56.5 Å². The summed E-state index contributed by atoms with van der Waals surface area (Å²) in [5.41, 5.74) is -0.107. The molecule has 0 radical (unpaired) electrons. The molecule has 1 aliphatic heterocycles. The number of ether oxygens (including phenoxy) is 1. The van der Waals surface area contributed by atoms with Gasteiger partial charge in [0.2, 0.25) is 0 Å². The number of aromatic nitrogens is 1. The summed E-state index contributed by atoms with van der Waals surface area (Å²) in [6.07, 6.45) is 1.46. The molecule has 1 aliphatic rings. The molecule has 2 aromatic rings. The van der Waals surface area contributed by atoms with Crippen molar-refractivity contribution >= 4 is 5.91 Å². The first-order valence-electron chi connectivity index (χ1n) is 8.72. The van der Waals surface area contributed by atoms with E-state index in [1.165, 1.54) is 0 Å². The Balaban J connectivity index is 1.91. The average Bonchev–Trinajstić information content (AvgIpc) is 3.12. The van der Waals surface area contributed by atoms with Gasteiger partial charge < -0.3 is 19.7 Å². The molecule has 1 aromatic carbocycles. The Morgan fingerprint density at radius 2 is 1.96 bits per heavy atom. The lowest BCUT2D eigenvalue weighted by Gasteiger charge is -2.37. The van der Waals surface area contributed by atoms with Crippen LogP contribution in [0.2, 0.25) is 0 Å². The lowest BCUT2D eigenvalue weighted by molar-refractivity contribution is -0.0178. The number of H-pyrrole nitrogens is 1. The highest BCUT2D eigenvalue weighted by molar-refractivity contribution is 5.94. The predicted octanol–water partition coefficient (Wildman–Crippen LogP) is 2.20. The van der Waals surface area contributed by atoms with Crippen LogP contribution in [0, 0.1) is 6.92 Å². The molecule has 0 saturated carbocycles. The Hall–Kier alpha value is -2.60. The fourth-order valence-corrected chi connectivity index (χ4v) is 3.61. The van der Waals surface area contributed by atoms with E-state index in [9.17, 15) is 14.7 Å². The largest absolute Gasteiger partial charge is 0.497 e. The summed E-state index contributed by atoms with van der Waals surface area (Å²) in [5.74, 6) is 0.359. The van der Waals surface area contributed by atoms with E-state index in [4.69, 9.17) is 4.74 Å². The third kappa shape index (κ3) is 3.24. The number of carbonyl (C=O) groups is 1.